The molecule has 2 aromatic rings. The van der Waals surface area contributed by atoms with Gasteiger partial charge in [-0.1, -0.05) is 24.3 Å². The first kappa shape index (κ1) is 16.6. The van der Waals surface area contributed by atoms with Crippen molar-refractivity contribution in [1.82, 2.24) is 24.6 Å². The molecule has 0 bridgehead atoms. The molecule has 0 fully saturated rings. The highest BCUT2D eigenvalue weighted by Crippen LogP contribution is 2.22. The van der Waals surface area contributed by atoms with Gasteiger partial charge in [-0.25, -0.2) is 4.98 Å². The van der Waals surface area contributed by atoms with Crippen LogP contribution in [0.25, 0.3) is 0 Å². The van der Waals surface area contributed by atoms with Crippen LogP contribution in [-0.4, -0.2) is 57.2 Å². The van der Waals surface area contributed by atoms with Gasteiger partial charge in [-0.2, -0.15) is 5.10 Å². The Morgan fingerprint density at radius 1 is 1.33 bits per heavy atom. The van der Waals surface area contributed by atoms with Gasteiger partial charge in [0.1, 0.15) is 12.7 Å². The predicted molar refractivity (Wildman–Crippen MR) is 92.3 cm³/mol. The van der Waals surface area contributed by atoms with Crippen LogP contribution in [0.5, 0.6) is 0 Å². The standard InChI is InChI=1S/C18H25N5O/c1-21-11-16-7-4-3-6-15(16)10-17(21)12-22(2)18(24)8-5-9-23-14-19-13-20-23/h3-4,6-7,13-14,17H,5,8-12H2,1-2H3/t17-/m1/s1. The van der Waals surface area contributed by atoms with E-state index in [0.717, 1.165) is 32.5 Å². The van der Waals surface area contributed by atoms with Gasteiger partial charge in [-0.15, -0.1) is 0 Å². The monoisotopic (exact) mass is 327 g/mol. The van der Waals surface area contributed by atoms with Crippen LogP contribution in [-0.2, 0) is 24.3 Å². The molecule has 6 heteroatoms. The molecule has 0 saturated heterocycles. The fourth-order valence-corrected chi connectivity index (χ4v) is 3.27. The fraction of sp³-hybridized carbons (Fsp3) is 0.500. The molecule has 0 aliphatic carbocycles. The van der Waals surface area contributed by atoms with E-state index in [0.29, 0.717) is 12.5 Å². The molecule has 6 nitrogen and oxygen atoms in total. The summed E-state index contributed by atoms with van der Waals surface area (Å²) >= 11 is 0. The molecule has 1 aromatic heterocycles. The van der Waals surface area contributed by atoms with Gasteiger partial charge in [0.05, 0.1) is 0 Å². The first-order chi connectivity index (χ1) is 11.6. The highest BCUT2D eigenvalue weighted by atomic mass is 16.2. The van der Waals surface area contributed by atoms with E-state index in [1.807, 2.05) is 11.9 Å². The number of likely N-dealkylation sites (N-methyl/N-ethyl adjacent to an activating group) is 2. The van der Waals surface area contributed by atoms with Gasteiger partial charge >= 0.3 is 0 Å². The number of rotatable bonds is 6. The molecule has 128 valence electrons. The van der Waals surface area contributed by atoms with Gasteiger partial charge in [0.15, 0.2) is 0 Å². The molecule has 0 spiro atoms. The third-order valence-corrected chi connectivity index (χ3v) is 4.77. The number of fused-ring (bicyclic) bond motifs is 1. The van der Waals surface area contributed by atoms with Crippen molar-refractivity contribution in [2.75, 3.05) is 20.6 Å². The van der Waals surface area contributed by atoms with E-state index >= 15 is 0 Å². The van der Waals surface area contributed by atoms with Crippen molar-refractivity contribution in [2.45, 2.75) is 38.4 Å². The van der Waals surface area contributed by atoms with Gasteiger partial charge in [-0.05, 0) is 31.0 Å². The summed E-state index contributed by atoms with van der Waals surface area (Å²) < 4.78 is 1.76. The summed E-state index contributed by atoms with van der Waals surface area (Å²) in [5, 5.41) is 4.06. The van der Waals surface area contributed by atoms with E-state index in [9.17, 15) is 4.79 Å². The first-order valence-corrected chi connectivity index (χ1v) is 8.47. The van der Waals surface area contributed by atoms with Crippen molar-refractivity contribution in [2.24, 2.45) is 0 Å². The maximum atomic E-state index is 12.4. The second-order valence-electron chi connectivity index (χ2n) is 6.58. The molecule has 0 saturated carbocycles. The zero-order chi connectivity index (χ0) is 16.9. The maximum Gasteiger partial charge on any atom is 0.222 e. The number of aryl methyl sites for hydroxylation is 1. The molecule has 3 rings (SSSR count). The highest BCUT2D eigenvalue weighted by Gasteiger charge is 2.25. The van der Waals surface area contributed by atoms with Gasteiger partial charge in [0, 0.05) is 39.1 Å². The third-order valence-electron chi connectivity index (χ3n) is 4.77. The lowest BCUT2D eigenvalue weighted by Crippen LogP contribution is -2.46. The number of carbonyl (C=O) groups is 1. The summed E-state index contributed by atoms with van der Waals surface area (Å²) in [6.07, 6.45) is 5.54. The largest absolute Gasteiger partial charge is 0.344 e. The van der Waals surface area contributed by atoms with Crippen molar-refractivity contribution in [1.29, 1.82) is 0 Å². The molecule has 0 unspecified atom stereocenters. The van der Waals surface area contributed by atoms with Gasteiger partial charge < -0.3 is 4.90 Å². The molecule has 0 radical (unpaired) electrons. The molecule has 1 aliphatic rings. The molecular weight excluding hydrogens is 302 g/mol. The Hall–Kier alpha value is -2.21. The minimum Gasteiger partial charge on any atom is -0.344 e. The lowest BCUT2D eigenvalue weighted by Gasteiger charge is -2.36. The fourth-order valence-electron chi connectivity index (χ4n) is 3.27. The molecule has 1 atom stereocenters. The molecule has 1 aromatic carbocycles. The average Bonchev–Trinajstić information content (AvgIpc) is 3.08. The Bertz CT molecular complexity index is 670. The Morgan fingerprint density at radius 2 is 2.12 bits per heavy atom. The second kappa shape index (κ2) is 7.57. The van der Waals surface area contributed by atoms with Crippen LogP contribution in [0.2, 0.25) is 0 Å². The second-order valence-corrected chi connectivity index (χ2v) is 6.58. The Balaban J connectivity index is 1.49. The van der Waals surface area contributed by atoms with Crippen LogP contribution >= 0.6 is 0 Å². The summed E-state index contributed by atoms with van der Waals surface area (Å²) in [5.41, 5.74) is 2.81. The van der Waals surface area contributed by atoms with Crippen molar-refractivity contribution in [3.63, 3.8) is 0 Å². The molecular formula is C18H25N5O. The molecule has 0 N–H and O–H groups in total. The lowest BCUT2D eigenvalue weighted by molar-refractivity contribution is -0.130. The lowest BCUT2D eigenvalue weighted by atomic mass is 9.94. The van der Waals surface area contributed by atoms with E-state index < -0.39 is 0 Å². The summed E-state index contributed by atoms with van der Waals surface area (Å²) in [4.78, 5) is 20.5. The summed E-state index contributed by atoms with van der Waals surface area (Å²) in [6, 6.07) is 8.97. The summed E-state index contributed by atoms with van der Waals surface area (Å²) in [7, 11) is 4.05. The highest BCUT2D eigenvalue weighted by molar-refractivity contribution is 5.75. The first-order valence-electron chi connectivity index (χ1n) is 8.47. The van der Waals surface area contributed by atoms with Crippen LogP contribution < -0.4 is 0 Å². The smallest absolute Gasteiger partial charge is 0.222 e. The van der Waals surface area contributed by atoms with Crippen molar-refractivity contribution < 1.29 is 4.79 Å². The molecule has 24 heavy (non-hydrogen) atoms. The topological polar surface area (TPSA) is 54.3 Å². The van der Waals surface area contributed by atoms with E-state index in [-0.39, 0.29) is 5.91 Å². The minimum atomic E-state index is 0.197. The Kier molecular flexibility index (Phi) is 5.25. The van der Waals surface area contributed by atoms with Crippen molar-refractivity contribution in [3.8, 4) is 0 Å². The van der Waals surface area contributed by atoms with Gasteiger partial charge in [0.2, 0.25) is 5.91 Å². The van der Waals surface area contributed by atoms with Crippen LogP contribution in [0.1, 0.15) is 24.0 Å². The normalized spacial score (nSPS) is 17.5. The predicted octanol–water partition coefficient (Wildman–Crippen LogP) is 1.57. The van der Waals surface area contributed by atoms with Crippen LogP contribution in [0.3, 0.4) is 0 Å². The van der Waals surface area contributed by atoms with Gasteiger partial charge in [0.25, 0.3) is 0 Å². The number of hydrogen-bond donors (Lipinski definition) is 0. The average molecular weight is 327 g/mol. The number of aromatic nitrogens is 3. The zero-order valence-electron chi connectivity index (χ0n) is 14.4. The quantitative estimate of drug-likeness (QED) is 0.808. The molecule has 2 heterocycles. The number of carbonyl (C=O) groups excluding carboxylic acids is 1. The van der Waals surface area contributed by atoms with E-state index in [1.54, 1.807) is 11.0 Å². The third kappa shape index (κ3) is 4.00. The number of benzene rings is 1. The minimum absolute atomic E-state index is 0.197. The van der Waals surface area contributed by atoms with Crippen molar-refractivity contribution in [3.05, 3.63) is 48.0 Å². The van der Waals surface area contributed by atoms with E-state index in [1.165, 1.54) is 17.5 Å². The number of hydrogen-bond acceptors (Lipinski definition) is 4. The number of nitrogens with zero attached hydrogens (tertiary/aromatic N) is 5. The molecule has 1 amide bonds. The summed E-state index contributed by atoms with van der Waals surface area (Å²) in [5.74, 6) is 0.197. The Labute approximate surface area is 143 Å². The summed E-state index contributed by atoms with van der Waals surface area (Å²) in [6.45, 7) is 2.46. The maximum absolute atomic E-state index is 12.4. The number of amides is 1. The van der Waals surface area contributed by atoms with Crippen LogP contribution in [0.15, 0.2) is 36.9 Å². The van der Waals surface area contributed by atoms with E-state index in [4.69, 9.17) is 0 Å². The van der Waals surface area contributed by atoms with Crippen LogP contribution in [0, 0.1) is 0 Å². The SMILES string of the molecule is CN(C[C@H]1Cc2ccccc2CN1C)C(=O)CCCn1cncn1. The molecule has 1 aliphatic heterocycles. The Morgan fingerprint density at radius 3 is 2.88 bits per heavy atom. The van der Waals surface area contributed by atoms with Crippen molar-refractivity contribution >= 4 is 5.91 Å². The van der Waals surface area contributed by atoms with Gasteiger partial charge in [-0.3, -0.25) is 14.4 Å². The van der Waals surface area contributed by atoms with Crippen LogP contribution in [0.4, 0.5) is 0 Å². The van der Waals surface area contributed by atoms with E-state index in [2.05, 4.69) is 46.3 Å². The zero-order valence-corrected chi connectivity index (χ0v) is 14.4.